The van der Waals surface area contributed by atoms with Crippen molar-refractivity contribution in [3.8, 4) is 0 Å². The first-order chi connectivity index (χ1) is 9.72. The predicted octanol–water partition coefficient (Wildman–Crippen LogP) is 3.43. The van der Waals surface area contributed by atoms with Gasteiger partial charge in [-0.15, -0.1) is 11.3 Å². The summed E-state index contributed by atoms with van der Waals surface area (Å²) < 4.78 is 0. The Labute approximate surface area is 128 Å². The van der Waals surface area contributed by atoms with Gasteiger partial charge in [-0.2, -0.15) is 15.0 Å². The van der Waals surface area contributed by atoms with Crippen LogP contribution in [0, 0.1) is 0 Å². The second kappa shape index (κ2) is 7.40. The molecule has 0 bridgehead atoms. The number of nitrogens with one attached hydrogen (secondary N) is 1. The summed E-state index contributed by atoms with van der Waals surface area (Å²) in [5.41, 5.74) is 0. The van der Waals surface area contributed by atoms with Gasteiger partial charge in [0.1, 0.15) is 0 Å². The molecular weight excluding hydrogens is 294 g/mol. The number of rotatable bonds is 7. The van der Waals surface area contributed by atoms with E-state index in [0.29, 0.717) is 11.9 Å². The molecule has 0 fully saturated rings. The molecule has 2 rings (SSSR count). The van der Waals surface area contributed by atoms with Crippen LogP contribution in [0.2, 0.25) is 5.28 Å². The van der Waals surface area contributed by atoms with Crippen LogP contribution in [-0.2, 0) is 6.54 Å². The molecule has 0 saturated heterocycles. The summed E-state index contributed by atoms with van der Waals surface area (Å²) in [6.07, 6.45) is 1.01. The quantitative estimate of drug-likeness (QED) is 0.849. The maximum atomic E-state index is 5.99. The molecule has 5 nitrogen and oxygen atoms in total. The van der Waals surface area contributed by atoms with Crippen LogP contribution in [0.15, 0.2) is 17.5 Å². The van der Waals surface area contributed by atoms with E-state index >= 15 is 0 Å². The first-order valence-corrected chi connectivity index (χ1v) is 7.91. The van der Waals surface area contributed by atoms with E-state index < -0.39 is 0 Å². The third-order valence-electron chi connectivity index (χ3n) is 2.72. The first-order valence-electron chi connectivity index (χ1n) is 6.65. The van der Waals surface area contributed by atoms with Crippen LogP contribution in [0.3, 0.4) is 0 Å². The monoisotopic (exact) mass is 311 g/mol. The fraction of sp³-hybridized carbons (Fsp3) is 0.462. The molecule has 0 amide bonds. The van der Waals surface area contributed by atoms with E-state index in [1.165, 1.54) is 4.88 Å². The van der Waals surface area contributed by atoms with Gasteiger partial charge in [-0.3, -0.25) is 0 Å². The van der Waals surface area contributed by atoms with Gasteiger partial charge in [0.15, 0.2) is 0 Å². The molecule has 0 aromatic carbocycles. The molecule has 20 heavy (non-hydrogen) atoms. The van der Waals surface area contributed by atoms with Crippen LogP contribution in [0.25, 0.3) is 0 Å². The van der Waals surface area contributed by atoms with Gasteiger partial charge in [0, 0.05) is 18.0 Å². The first kappa shape index (κ1) is 15.0. The number of anilines is 2. The van der Waals surface area contributed by atoms with Crippen molar-refractivity contribution >= 4 is 34.8 Å². The van der Waals surface area contributed by atoms with Crippen molar-refractivity contribution in [2.24, 2.45) is 0 Å². The molecule has 0 saturated carbocycles. The molecule has 0 radical (unpaired) electrons. The summed E-state index contributed by atoms with van der Waals surface area (Å²) in [6, 6.07) is 4.15. The molecular formula is C13H18ClN5S. The lowest BCUT2D eigenvalue weighted by atomic mass is 10.4. The molecule has 1 N–H and O–H groups in total. The Morgan fingerprint density at radius 2 is 2.15 bits per heavy atom. The normalized spacial score (nSPS) is 10.6. The minimum Gasteiger partial charge on any atom is -0.354 e. The van der Waals surface area contributed by atoms with Gasteiger partial charge < -0.3 is 10.2 Å². The third kappa shape index (κ3) is 4.05. The maximum absolute atomic E-state index is 5.99. The Hall–Kier alpha value is -1.40. The minimum atomic E-state index is 0.221. The van der Waals surface area contributed by atoms with Crippen LogP contribution < -0.4 is 10.2 Å². The van der Waals surface area contributed by atoms with Crippen molar-refractivity contribution in [3.63, 3.8) is 0 Å². The molecule has 108 valence electrons. The van der Waals surface area contributed by atoms with E-state index in [4.69, 9.17) is 11.6 Å². The van der Waals surface area contributed by atoms with E-state index in [1.54, 1.807) is 11.3 Å². The van der Waals surface area contributed by atoms with Gasteiger partial charge in [-0.1, -0.05) is 13.0 Å². The molecule has 0 unspecified atom stereocenters. The topological polar surface area (TPSA) is 53.9 Å². The number of nitrogens with zero attached hydrogens (tertiary/aromatic N) is 4. The predicted molar refractivity (Wildman–Crippen MR) is 84.7 cm³/mol. The zero-order valence-corrected chi connectivity index (χ0v) is 13.2. The van der Waals surface area contributed by atoms with Crippen LogP contribution in [0.5, 0.6) is 0 Å². The summed E-state index contributed by atoms with van der Waals surface area (Å²) in [4.78, 5) is 16.1. The van der Waals surface area contributed by atoms with Crippen molar-refractivity contribution in [2.75, 3.05) is 23.3 Å². The summed E-state index contributed by atoms with van der Waals surface area (Å²) in [7, 11) is 0. The molecule has 2 aromatic rings. The highest BCUT2D eigenvalue weighted by Gasteiger charge is 2.12. The molecule has 2 heterocycles. The number of hydrogen-bond donors (Lipinski definition) is 1. The van der Waals surface area contributed by atoms with E-state index in [1.807, 2.05) is 6.07 Å². The van der Waals surface area contributed by atoms with Crippen molar-refractivity contribution in [1.29, 1.82) is 0 Å². The van der Waals surface area contributed by atoms with Crippen LogP contribution >= 0.6 is 22.9 Å². The lowest BCUT2D eigenvalue weighted by Crippen LogP contribution is -2.24. The van der Waals surface area contributed by atoms with Crippen molar-refractivity contribution in [1.82, 2.24) is 15.0 Å². The van der Waals surface area contributed by atoms with E-state index in [9.17, 15) is 0 Å². The highest BCUT2D eigenvalue weighted by atomic mass is 35.5. The van der Waals surface area contributed by atoms with E-state index in [-0.39, 0.29) is 5.28 Å². The standard InChI is InChI=1S/C13H18ClN5S/c1-3-7-15-12-16-11(14)17-13(18-12)19(4-2)9-10-6-5-8-20-10/h5-6,8H,3-4,7,9H2,1-2H3,(H,15,16,17,18). The Morgan fingerprint density at radius 3 is 2.80 bits per heavy atom. The van der Waals surface area contributed by atoms with Crippen molar-refractivity contribution in [2.45, 2.75) is 26.8 Å². The Balaban J connectivity index is 2.17. The highest BCUT2D eigenvalue weighted by Crippen LogP contribution is 2.18. The minimum absolute atomic E-state index is 0.221. The molecule has 0 aliphatic carbocycles. The van der Waals surface area contributed by atoms with Gasteiger partial charge in [0.05, 0.1) is 6.54 Å². The van der Waals surface area contributed by atoms with Gasteiger partial charge in [0.2, 0.25) is 17.2 Å². The SMILES string of the molecule is CCCNc1nc(Cl)nc(N(CC)Cc2cccs2)n1. The van der Waals surface area contributed by atoms with Crippen LogP contribution in [0.1, 0.15) is 25.1 Å². The molecule has 2 aromatic heterocycles. The molecule has 0 aliphatic rings. The zero-order valence-electron chi connectivity index (χ0n) is 11.6. The van der Waals surface area contributed by atoms with Gasteiger partial charge >= 0.3 is 0 Å². The average Bonchev–Trinajstić information content (AvgIpc) is 2.95. The van der Waals surface area contributed by atoms with Gasteiger partial charge in [-0.25, -0.2) is 0 Å². The summed E-state index contributed by atoms with van der Waals surface area (Å²) in [5, 5.41) is 5.43. The summed E-state index contributed by atoms with van der Waals surface area (Å²) in [6.45, 7) is 6.57. The van der Waals surface area contributed by atoms with Crippen LogP contribution in [-0.4, -0.2) is 28.0 Å². The fourth-order valence-electron chi connectivity index (χ4n) is 1.71. The largest absolute Gasteiger partial charge is 0.354 e. The summed E-state index contributed by atoms with van der Waals surface area (Å²) in [5.74, 6) is 1.14. The average molecular weight is 312 g/mol. The fourth-order valence-corrected chi connectivity index (χ4v) is 2.59. The molecule has 0 atom stereocenters. The molecule has 7 heteroatoms. The third-order valence-corrected chi connectivity index (χ3v) is 3.75. The lowest BCUT2D eigenvalue weighted by molar-refractivity contribution is 0.790. The second-order valence-electron chi connectivity index (χ2n) is 4.25. The second-order valence-corrected chi connectivity index (χ2v) is 5.62. The van der Waals surface area contributed by atoms with Gasteiger partial charge in [0.25, 0.3) is 0 Å². The zero-order chi connectivity index (χ0) is 14.4. The van der Waals surface area contributed by atoms with E-state index in [2.05, 4.69) is 50.5 Å². The van der Waals surface area contributed by atoms with Crippen LogP contribution in [0.4, 0.5) is 11.9 Å². The number of halogens is 1. The lowest BCUT2D eigenvalue weighted by Gasteiger charge is -2.20. The molecule has 0 aliphatic heterocycles. The van der Waals surface area contributed by atoms with Gasteiger partial charge in [-0.05, 0) is 36.4 Å². The number of aromatic nitrogens is 3. The number of thiophene rings is 1. The Bertz CT molecular complexity index is 532. The molecule has 0 spiro atoms. The smallest absolute Gasteiger partial charge is 0.231 e. The van der Waals surface area contributed by atoms with E-state index in [0.717, 1.165) is 26.1 Å². The maximum Gasteiger partial charge on any atom is 0.231 e. The number of hydrogen-bond acceptors (Lipinski definition) is 6. The van der Waals surface area contributed by atoms with Crippen molar-refractivity contribution < 1.29 is 0 Å². The Kier molecular flexibility index (Phi) is 5.55. The van der Waals surface area contributed by atoms with Crippen molar-refractivity contribution in [3.05, 3.63) is 27.7 Å². The highest BCUT2D eigenvalue weighted by molar-refractivity contribution is 7.09. The summed E-state index contributed by atoms with van der Waals surface area (Å²) >= 11 is 7.71. The Morgan fingerprint density at radius 1 is 1.30 bits per heavy atom.